The molecule has 1 N–H and O–H groups in total. The molecule has 4 heteroatoms. The molecule has 1 aromatic heterocycles. The lowest BCUT2D eigenvalue weighted by molar-refractivity contribution is 0.522. The fourth-order valence-corrected chi connectivity index (χ4v) is 3.42. The minimum atomic E-state index is 0.356. The van der Waals surface area contributed by atoms with Crippen LogP contribution >= 0.6 is 23.1 Å². The second-order valence-corrected chi connectivity index (χ2v) is 6.21. The van der Waals surface area contributed by atoms with Gasteiger partial charge in [-0.15, -0.1) is 23.1 Å². The maximum atomic E-state index is 4.42. The monoisotopic (exact) mass is 292 g/mol. The van der Waals surface area contributed by atoms with Crippen LogP contribution in [-0.4, -0.2) is 17.8 Å². The number of hydrogen-bond donors (Lipinski definition) is 1. The summed E-state index contributed by atoms with van der Waals surface area (Å²) in [5.41, 5.74) is 1.39. The van der Waals surface area contributed by atoms with Gasteiger partial charge >= 0.3 is 0 Å². The summed E-state index contributed by atoms with van der Waals surface area (Å²) in [5.74, 6) is 0. The van der Waals surface area contributed by atoms with E-state index in [9.17, 15) is 0 Å². The van der Waals surface area contributed by atoms with Crippen molar-refractivity contribution in [3.63, 3.8) is 0 Å². The Labute approximate surface area is 123 Å². The number of benzene rings is 1. The molecule has 0 fully saturated rings. The molecule has 0 amide bonds. The fraction of sp³-hybridized carbons (Fsp3) is 0.400. The molecule has 1 unspecified atom stereocenters. The Morgan fingerprint density at radius 3 is 2.89 bits per heavy atom. The lowest BCUT2D eigenvalue weighted by atomic mass is 10.0. The first kappa shape index (κ1) is 14.6. The molecule has 0 saturated carbocycles. The van der Waals surface area contributed by atoms with Crippen LogP contribution in [0.5, 0.6) is 0 Å². The normalized spacial score (nSPS) is 12.5. The Hall–Kier alpha value is -0.840. The third kappa shape index (κ3) is 4.06. The molecule has 0 saturated heterocycles. The van der Waals surface area contributed by atoms with Crippen molar-refractivity contribution in [3.05, 3.63) is 46.4 Å². The Morgan fingerprint density at radius 2 is 2.21 bits per heavy atom. The summed E-state index contributed by atoms with van der Waals surface area (Å²) in [6.07, 6.45) is 6.14. The van der Waals surface area contributed by atoms with E-state index in [1.807, 2.05) is 23.3 Å². The van der Waals surface area contributed by atoms with E-state index < -0.39 is 0 Å². The van der Waals surface area contributed by atoms with Gasteiger partial charge in [-0.25, -0.2) is 4.98 Å². The molecule has 0 radical (unpaired) electrons. The fourth-order valence-electron chi connectivity index (χ4n) is 2.09. The van der Waals surface area contributed by atoms with E-state index in [0.29, 0.717) is 6.04 Å². The van der Waals surface area contributed by atoms with Gasteiger partial charge < -0.3 is 5.32 Å². The highest BCUT2D eigenvalue weighted by atomic mass is 32.2. The van der Waals surface area contributed by atoms with Gasteiger partial charge in [0.25, 0.3) is 0 Å². The maximum absolute atomic E-state index is 4.42. The van der Waals surface area contributed by atoms with E-state index in [1.165, 1.54) is 15.5 Å². The molecule has 0 aliphatic heterocycles. The molecule has 0 aliphatic carbocycles. The van der Waals surface area contributed by atoms with Gasteiger partial charge in [0.1, 0.15) is 0 Å². The number of rotatable bonds is 7. The lowest BCUT2D eigenvalue weighted by Gasteiger charge is -2.20. The molecule has 19 heavy (non-hydrogen) atoms. The minimum absolute atomic E-state index is 0.356. The van der Waals surface area contributed by atoms with E-state index in [1.54, 1.807) is 11.3 Å². The second-order valence-electron chi connectivity index (χ2n) is 4.38. The first-order valence-corrected chi connectivity index (χ1v) is 8.70. The summed E-state index contributed by atoms with van der Waals surface area (Å²) in [7, 11) is 0. The SMILES string of the molecule is CCCNC(Cc1nccs1)c1ccccc1SC. The highest BCUT2D eigenvalue weighted by Crippen LogP contribution is 2.28. The Balaban J connectivity index is 2.20. The molecule has 1 heterocycles. The van der Waals surface area contributed by atoms with Crippen molar-refractivity contribution in [2.24, 2.45) is 0 Å². The maximum Gasteiger partial charge on any atom is 0.0943 e. The molecule has 1 aromatic carbocycles. The molecular weight excluding hydrogens is 272 g/mol. The van der Waals surface area contributed by atoms with Crippen LogP contribution in [0.15, 0.2) is 40.7 Å². The summed E-state index contributed by atoms with van der Waals surface area (Å²) < 4.78 is 0. The van der Waals surface area contributed by atoms with Gasteiger partial charge in [-0.2, -0.15) is 0 Å². The molecule has 102 valence electrons. The van der Waals surface area contributed by atoms with Crippen molar-refractivity contribution < 1.29 is 0 Å². The molecule has 0 spiro atoms. The van der Waals surface area contributed by atoms with Crippen LogP contribution in [0.25, 0.3) is 0 Å². The summed E-state index contributed by atoms with van der Waals surface area (Å²) in [5, 5.41) is 6.90. The molecular formula is C15H20N2S2. The van der Waals surface area contributed by atoms with E-state index >= 15 is 0 Å². The molecule has 2 nitrogen and oxygen atoms in total. The Bertz CT molecular complexity index is 483. The van der Waals surface area contributed by atoms with E-state index in [-0.39, 0.29) is 0 Å². The Morgan fingerprint density at radius 1 is 1.37 bits per heavy atom. The molecule has 1 atom stereocenters. The molecule has 0 aliphatic rings. The van der Waals surface area contributed by atoms with Crippen LogP contribution in [0.1, 0.15) is 30.0 Å². The van der Waals surface area contributed by atoms with Crippen molar-refractivity contribution in [1.29, 1.82) is 0 Å². The van der Waals surface area contributed by atoms with Crippen LogP contribution < -0.4 is 5.32 Å². The third-order valence-corrected chi connectivity index (χ3v) is 4.63. The predicted molar refractivity (Wildman–Crippen MR) is 85.1 cm³/mol. The van der Waals surface area contributed by atoms with Crippen LogP contribution in [0.2, 0.25) is 0 Å². The van der Waals surface area contributed by atoms with Gasteiger partial charge in [0.05, 0.1) is 5.01 Å². The average Bonchev–Trinajstić information content (AvgIpc) is 2.96. The first-order valence-electron chi connectivity index (χ1n) is 6.59. The van der Waals surface area contributed by atoms with Crippen LogP contribution in [0.4, 0.5) is 0 Å². The van der Waals surface area contributed by atoms with E-state index in [4.69, 9.17) is 0 Å². The van der Waals surface area contributed by atoms with Crippen molar-refractivity contribution in [3.8, 4) is 0 Å². The van der Waals surface area contributed by atoms with Crippen LogP contribution in [0.3, 0.4) is 0 Å². The molecule has 2 rings (SSSR count). The zero-order chi connectivity index (χ0) is 13.5. The number of hydrogen-bond acceptors (Lipinski definition) is 4. The Kier molecular flexibility index (Phi) is 5.89. The van der Waals surface area contributed by atoms with Crippen LogP contribution in [-0.2, 0) is 6.42 Å². The average molecular weight is 292 g/mol. The summed E-state index contributed by atoms with van der Waals surface area (Å²) >= 11 is 3.55. The van der Waals surface area contributed by atoms with Gasteiger partial charge in [-0.3, -0.25) is 0 Å². The summed E-state index contributed by atoms with van der Waals surface area (Å²) in [4.78, 5) is 5.77. The zero-order valence-electron chi connectivity index (χ0n) is 11.4. The van der Waals surface area contributed by atoms with Crippen molar-refractivity contribution in [1.82, 2.24) is 10.3 Å². The largest absolute Gasteiger partial charge is 0.310 e. The number of aromatic nitrogens is 1. The number of nitrogens with one attached hydrogen (secondary N) is 1. The van der Waals surface area contributed by atoms with Gasteiger partial charge in [-0.1, -0.05) is 25.1 Å². The smallest absolute Gasteiger partial charge is 0.0943 e. The number of thioether (sulfide) groups is 1. The molecule has 0 bridgehead atoms. The summed E-state index contributed by atoms with van der Waals surface area (Å²) in [6, 6.07) is 9.01. The van der Waals surface area contributed by atoms with E-state index in [0.717, 1.165) is 19.4 Å². The van der Waals surface area contributed by atoms with Crippen molar-refractivity contribution in [2.45, 2.75) is 30.7 Å². The van der Waals surface area contributed by atoms with Crippen molar-refractivity contribution in [2.75, 3.05) is 12.8 Å². The highest BCUT2D eigenvalue weighted by molar-refractivity contribution is 7.98. The number of nitrogens with zero attached hydrogens (tertiary/aromatic N) is 1. The standard InChI is InChI=1S/C15H20N2S2/c1-3-8-16-13(11-15-17-9-10-19-15)12-6-4-5-7-14(12)18-2/h4-7,9-10,13,16H,3,8,11H2,1-2H3. The van der Waals surface area contributed by atoms with Gasteiger partial charge in [0, 0.05) is 28.9 Å². The number of thiazole rings is 1. The third-order valence-electron chi connectivity index (χ3n) is 3.02. The first-order chi connectivity index (χ1) is 9.35. The summed E-state index contributed by atoms with van der Waals surface area (Å²) in [6.45, 7) is 3.24. The topological polar surface area (TPSA) is 24.9 Å². The minimum Gasteiger partial charge on any atom is -0.310 e. The lowest BCUT2D eigenvalue weighted by Crippen LogP contribution is -2.24. The highest BCUT2D eigenvalue weighted by Gasteiger charge is 2.15. The van der Waals surface area contributed by atoms with E-state index in [2.05, 4.69) is 47.7 Å². The van der Waals surface area contributed by atoms with Crippen molar-refractivity contribution >= 4 is 23.1 Å². The quantitative estimate of drug-likeness (QED) is 0.776. The van der Waals surface area contributed by atoms with Gasteiger partial charge in [0.15, 0.2) is 0 Å². The van der Waals surface area contributed by atoms with Gasteiger partial charge in [0.2, 0.25) is 0 Å². The molecule has 2 aromatic rings. The predicted octanol–water partition coefficient (Wildman–Crippen LogP) is 4.15. The zero-order valence-corrected chi connectivity index (χ0v) is 13.1. The second kappa shape index (κ2) is 7.68. The van der Waals surface area contributed by atoms with Crippen LogP contribution in [0, 0.1) is 0 Å². The van der Waals surface area contributed by atoms with Gasteiger partial charge in [-0.05, 0) is 30.9 Å².